The van der Waals surface area contributed by atoms with Crippen LogP contribution in [0.3, 0.4) is 0 Å². The molecule has 1 saturated heterocycles. The Hall–Kier alpha value is -2.45. The number of ether oxygens (including phenoxy) is 1. The van der Waals surface area contributed by atoms with Gasteiger partial charge in [-0.1, -0.05) is 0 Å². The van der Waals surface area contributed by atoms with Gasteiger partial charge in [0, 0.05) is 5.75 Å². The zero-order chi connectivity index (χ0) is 21.6. The lowest BCUT2D eigenvalue weighted by Gasteiger charge is -2.42. The van der Waals surface area contributed by atoms with Crippen molar-refractivity contribution in [3.05, 3.63) is 11.8 Å². The third-order valence-electron chi connectivity index (χ3n) is 2.61. The second kappa shape index (κ2) is 9.48. The Balaban J connectivity index is 0.000000416. The minimum atomic E-state index is -5.08. The monoisotopic (exact) mass is 427 g/mol. The van der Waals surface area contributed by atoms with E-state index in [-0.39, 0.29) is 11.3 Å². The fourth-order valence-corrected chi connectivity index (χ4v) is 2.55. The van der Waals surface area contributed by atoms with Crippen LogP contribution in [0.15, 0.2) is 11.8 Å². The highest BCUT2D eigenvalue weighted by atomic mass is 32.2. The van der Waals surface area contributed by atoms with E-state index < -0.39 is 30.3 Å². The summed E-state index contributed by atoms with van der Waals surface area (Å²) < 4.78 is 68.1. The van der Waals surface area contributed by atoms with Crippen molar-refractivity contribution >= 4 is 35.6 Å². The van der Waals surface area contributed by atoms with Crippen LogP contribution >= 0.6 is 11.8 Å². The van der Waals surface area contributed by atoms with Gasteiger partial charge in [0.05, 0.1) is 18.9 Å². The Morgan fingerprint density at radius 1 is 1.11 bits per heavy atom. The van der Waals surface area contributed by atoms with E-state index >= 15 is 0 Å². The first kappa shape index (κ1) is 24.6. The van der Waals surface area contributed by atoms with Gasteiger partial charge >= 0.3 is 30.3 Å². The molecule has 15 heteroatoms. The first-order valence-electron chi connectivity index (χ1n) is 6.45. The highest BCUT2D eigenvalue weighted by molar-refractivity contribution is 8.00. The van der Waals surface area contributed by atoms with Crippen LogP contribution < -0.4 is 0 Å². The van der Waals surface area contributed by atoms with Crippen molar-refractivity contribution in [3.63, 3.8) is 0 Å². The third-order valence-corrected chi connectivity index (χ3v) is 3.73. The van der Waals surface area contributed by atoms with Gasteiger partial charge in [-0.05, 0) is 6.08 Å². The molecule has 0 radical (unpaired) electrons. The van der Waals surface area contributed by atoms with E-state index in [4.69, 9.17) is 19.8 Å². The van der Waals surface area contributed by atoms with Crippen LogP contribution in [0.2, 0.25) is 0 Å². The zero-order valence-electron chi connectivity index (χ0n) is 13.1. The number of carbonyl (C=O) groups is 4. The van der Waals surface area contributed by atoms with E-state index in [1.54, 1.807) is 17.8 Å². The topological polar surface area (TPSA) is 121 Å². The van der Waals surface area contributed by atoms with Crippen LogP contribution in [0.1, 0.15) is 6.42 Å². The number of carboxylic acids is 2. The van der Waals surface area contributed by atoms with E-state index in [0.717, 1.165) is 5.75 Å². The van der Waals surface area contributed by atoms with Gasteiger partial charge in [0.2, 0.25) is 5.91 Å². The molecule has 0 bridgehead atoms. The maximum absolute atomic E-state index is 11.2. The van der Waals surface area contributed by atoms with E-state index in [1.165, 1.54) is 12.0 Å². The quantitative estimate of drug-likeness (QED) is 0.368. The lowest BCUT2D eigenvalue weighted by atomic mass is 10.1. The van der Waals surface area contributed by atoms with Crippen molar-refractivity contribution in [2.75, 3.05) is 12.9 Å². The summed E-state index contributed by atoms with van der Waals surface area (Å²) in [6.45, 7) is 0. The molecular formula is C12H11F6NO7S. The molecular weight excluding hydrogens is 416 g/mol. The van der Waals surface area contributed by atoms with E-state index in [1.807, 2.05) is 0 Å². The smallest absolute Gasteiger partial charge is 0.475 e. The van der Waals surface area contributed by atoms with Crippen molar-refractivity contribution in [2.24, 2.45) is 0 Å². The Labute approximate surface area is 150 Å². The number of esters is 1. The normalized spacial score (nSPS) is 18.3. The number of β-lactam (4-membered cyclic amide) rings is 1. The molecule has 0 spiro atoms. The fourth-order valence-electron chi connectivity index (χ4n) is 1.43. The van der Waals surface area contributed by atoms with Gasteiger partial charge in [-0.2, -0.15) is 26.3 Å². The molecule has 27 heavy (non-hydrogen) atoms. The number of halogens is 6. The van der Waals surface area contributed by atoms with Crippen LogP contribution in [0.4, 0.5) is 26.3 Å². The maximum Gasteiger partial charge on any atom is 0.490 e. The number of carbonyl (C=O) groups excluding carboxylic acids is 2. The molecule has 0 aliphatic carbocycles. The number of alkyl halides is 6. The summed E-state index contributed by atoms with van der Waals surface area (Å²) in [6, 6.07) is 0. The Kier molecular flexibility index (Phi) is 8.62. The minimum Gasteiger partial charge on any atom is -0.475 e. The van der Waals surface area contributed by atoms with E-state index in [9.17, 15) is 35.9 Å². The molecule has 2 heterocycles. The van der Waals surface area contributed by atoms with Crippen LogP contribution in [0.25, 0.3) is 0 Å². The third kappa shape index (κ3) is 7.76. The van der Waals surface area contributed by atoms with Gasteiger partial charge in [-0.3, -0.25) is 9.69 Å². The molecule has 0 aromatic heterocycles. The molecule has 1 fully saturated rings. The molecule has 0 aromatic carbocycles. The number of carboxylic acid groups (broad SMARTS) is 2. The first-order valence-corrected chi connectivity index (χ1v) is 7.50. The molecule has 2 rings (SSSR count). The first-order chi connectivity index (χ1) is 12.1. The van der Waals surface area contributed by atoms with Crippen molar-refractivity contribution in [2.45, 2.75) is 24.1 Å². The van der Waals surface area contributed by atoms with Crippen molar-refractivity contribution in [1.29, 1.82) is 0 Å². The largest absolute Gasteiger partial charge is 0.490 e. The number of nitrogens with zero attached hydrogens (tertiary/aromatic N) is 1. The number of hydrogen-bond donors (Lipinski definition) is 2. The second-order valence-corrected chi connectivity index (χ2v) is 5.65. The molecule has 0 unspecified atom stereocenters. The number of rotatable bonds is 1. The summed E-state index contributed by atoms with van der Waals surface area (Å²) in [5.41, 5.74) is 0.405. The number of thioether (sulfide) groups is 1. The molecule has 8 nitrogen and oxygen atoms in total. The summed E-state index contributed by atoms with van der Waals surface area (Å²) in [4.78, 5) is 41.7. The van der Waals surface area contributed by atoms with Crippen molar-refractivity contribution in [1.82, 2.24) is 4.90 Å². The Morgan fingerprint density at radius 2 is 1.52 bits per heavy atom. The van der Waals surface area contributed by atoms with Gasteiger partial charge in [0.1, 0.15) is 5.70 Å². The Bertz CT molecular complexity index is 607. The predicted molar refractivity (Wildman–Crippen MR) is 75.2 cm³/mol. The second-order valence-electron chi connectivity index (χ2n) is 4.44. The number of methoxy groups -OCH3 is 1. The molecule has 1 amide bonds. The number of aliphatic carboxylic acids is 2. The van der Waals surface area contributed by atoms with E-state index in [2.05, 4.69) is 4.74 Å². The zero-order valence-corrected chi connectivity index (χ0v) is 13.9. The average molecular weight is 427 g/mol. The van der Waals surface area contributed by atoms with Gasteiger partial charge in [-0.15, -0.1) is 11.8 Å². The average Bonchev–Trinajstić information content (AvgIpc) is 2.51. The predicted octanol–water partition coefficient (Wildman–Crippen LogP) is 1.62. The Morgan fingerprint density at radius 3 is 1.81 bits per heavy atom. The summed E-state index contributed by atoms with van der Waals surface area (Å²) >= 11 is 1.67. The molecule has 154 valence electrons. The molecule has 2 N–H and O–H groups in total. The standard InChI is InChI=1S/C8H9NO3S.2C2HF3O2/c1-12-8(11)5-2-3-13-7-4-6(10)9(5)7;2*3-2(4,5)1(6)7/h2,7H,3-4H2,1H3;2*(H,6,7)/t7-;;/m1../s1. The molecule has 1 atom stereocenters. The molecule has 0 saturated carbocycles. The molecule has 2 aliphatic rings. The van der Waals surface area contributed by atoms with Gasteiger partial charge in [0.25, 0.3) is 0 Å². The summed E-state index contributed by atoms with van der Waals surface area (Å²) in [6.07, 6.45) is -7.89. The van der Waals surface area contributed by atoms with Crippen LogP contribution in [-0.2, 0) is 23.9 Å². The molecule has 0 aromatic rings. The van der Waals surface area contributed by atoms with Crippen molar-refractivity contribution in [3.8, 4) is 0 Å². The number of amides is 1. The van der Waals surface area contributed by atoms with Crippen LogP contribution in [0, 0.1) is 0 Å². The highest BCUT2D eigenvalue weighted by Gasteiger charge is 2.43. The lowest BCUT2D eigenvalue weighted by Crippen LogP contribution is -2.53. The van der Waals surface area contributed by atoms with Crippen LogP contribution in [-0.4, -0.2) is 69.5 Å². The minimum absolute atomic E-state index is 0.00819. The van der Waals surface area contributed by atoms with Gasteiger partial charge in [-0.25, -0.2) is 14.4 Å². The summed E-state index contributed by atoms with van der Waals surface area (Å²) in [5.74, 6) is -5.15. The van der Waals surface area contributed by atoms with Crippen LogP contribution in [0.5, 0.6) is 0 Å². The maximum atomic E-state index is 11.2. The molecule has 2 aliphatic heterocycles. The fraction of sp³-hybridized carbons (Fsp3) is 0.500. The SMILES string of the molecule is COC(=O)C1=CCS[C@@H]2CC(=O)N12.O=C(O)C(F)(F)F.O=C(O)C(F)(F)F. The number of fused-ring (bicyclic) bond motifs is 1. The van der Waals surface area contributed by atoms with Crippen molar-refractivity contribution < 1.29 is 60.5 Å². The van der Waals surface area contributed by atoms with Gasteiger partial charge < -0.3 is 14.9 Å². The summed E-state index contributed by atoms with van der Waals surface area (Å²) in [7, 11) is 1.32. The number of hydrogen-bond acceptors (Lipinski definition) is 6. The lowest BCUT2D eigenvalue weighted by molar-refractivity contribution is -0.193. The summed E-state index contributed by atoms with van der Waals surface area (Å²) in [5, 5.41) is 14.4. The van der Waals surface area contributed by atoms with Gasteiger partial charge in [0.15, 0.2) is 0 Å². The highest BCUT2D eigenvalue weighted by Crippen LogP contribution is 2.37. The van der Waals surface area contributed by atoms with E-state index in [0.29, 0.717) is 12.1 Å².